The van der Waals surface area contributed by atoms with E-state index in [4.69, 9.17) is 12.2 Å². The normalized spacial score (nSPS) is 10.7. The lowest BCUT2D eigenvalue weighted by Crippen LogP contribution is -2.30. The zero-order valence-corrected chi connectivity index (χ0v) is 14.9. The summed E-state index contributed by atoms with van der Waals surface area (Å²) in [5, 5.41) is 8.31. The van der Waals surface area contributed by atoms with Crippen LogP contribution in [0, 0.1) is 13.8 Å². The van der Waals surface area contributed by atoms with E-state index in [1.807, 2.05) is 12.1 Å². The molecule has 0 radical (unpaired) electrons. The molecule has 2 N–H and O–H groups in total. The van der Waals surface area contributed by atoms with Crippen molar-refractivity contribution in [3.63, 3.8) is 0 Å². The number of thiazole rings is 1. The highest BCUT2D eigenvalue weighted by Gasteiger charge is 2.04. The number of thiocarbonyl (C=S) groups is 1. The largest absolute Gasteiger partial charge is 0.362 e. The number of anilines is 1. The first kappa shape index (κ1) is 15.9. The third-order valence-corrected chi connectivity index (χ3v) is 4.95. The van der Waals surface area contributed by atoms with Gasteiger partial charge in [0.15, 0.2) is 5.11 Å². The first-order valence-corrected chi connectivity index (χ1v) is 8.81. The number of rotatable bonds is 4. The van der Waals surface area contributed by atoms with Crippen LogP contribution in [0.25, 0.3) is 10.2 Å². The Hall–Kier alpha value is -1.98. The van der Waals surface area contributed by atoms with E-state index < -0.39 is 0 Å². The van der Waals surface area contributed by atoms with Gasteiger partial charge >= 0.3 is 0 Å². The van der Waals surface area contributed by atoms with E-state index >= 15 is 0 Å². The number of hydrogen-bond donors (Lipinski definition) is 2. The van der Waals surface area contributed by atoms with Crippen molar-refractivity contribution in [2.75, 3.05) is 11.9 Å². The van der Waals surface area contributed by atoms with Crippen molar-refractivity contribution in [2.24, 2.45) is 0 Å². The lowest BCUT2D eigenvalue weighted by Gasteiger charge is -2.12. The van der Waals surface area contributed by atoms with Gasteiger partial charge in [0.1, 0.15) is 0 Å². The van der Waals surface area contributed by atoms with Crippen molar-refractivity contribution >= 4 is 44.6 Å². The predicted molar refractivity (Wildman–Crippen MR) is 103 cm³/mol. The van der Waals surface area contributed by atoms with Gasteiger partial charge < -0.3 is 10.6 Å². The molecular weight excluding hydrogens is 322 g/mol. The van der Waals surface area contributed by atoms with Crippen LogP contribution in [-0.2, 0) is 6.42 Å². The summed E-state index contributed by atoms with van der Waals surface area (Å²) in [6.45, 7) is 4.93. The van der Waals surface area contributed by atoms with Crippen molar-refractivity contribution in [2.45, 2.75) is 20.3 Å². The van der Waals surface area contributed by atoms with Crippen molar-refractivity contribution in [1.82, 2.24) is 10.3 Å². The molecule has 3 rings (SSSR count). The molecule has 3 aromatic rings. The van der Waals surface area contributed by atoms with Gasteiger partial charge in [-0.1, -0.05) is 24.3 Å². The second-order valence-electron chi connectivity index (χ2n) is 5.52. The molecular formula is C18H19N3S2. The average molecular weight is 342 g/mol. The molecule has 0 unspecified atom stereocenters. The minimum Gasteiger partial charge on any atom is -0.362 e. The summed E-state index contributed by atoms with van der Waals surface area (Å²) in [6, 6.07) is 14.5. The third kappa shape index (κ3) is 4.06. The fraction of sp³-hybridized carbons (Fsp3) is 0.222. The van der Waals surface area contributed by atoms with Gasteiger partial charge in [-0.05, 0) is 55.4 Å². The molecule has 1 aromatic heterocycles. The van der Waals surface area contributed by atoms with Gasteiger partial charge in [0.2, 0.25) is 0 Å². The van der Waals surface area contributed by atoms with Gasteiger partial charge in [-0.25, -0.2) is 4.98 Å². The number of nitrogens with one attached hydrogen (secondary N) is 2. The third-order valence-electron chi connectivity index (χ3n) is 3.60. The van der Waals surface area contributed by atoms with E-state index in [1.165, 1.54) is 15.8 Å². The van der Waals surface area contributed by atoms with E-state index in [2.05, 4.69) is 59.8 Å². The van der Waals surface area contributed by atoms with Gasteiger partial charge in [0.25, 0.3) is 0 Å². The minimum absolute atomic E-state index is 0.653. The summed E-state index contributed by atoms with van der Waals surface area (Å²) < 4.78 is 1.23. The Balaban J connectivity index is 1.53. The average Bonchev–Trinajstić information content (AvgIpc) is 2.93. The monoisotopic (exact) mass is 341 g/mol. The molecule has 0 saturated heterocycles. The summed E-state index contributed by atoms with van der Waals surface area (Å²) in [4.78, 5) is 4.63. The molecule has 0 bridgehead atoms. The van der Waals surface area contributed by atoms with Crippen LogP contribution in [0.1, 0.15) is 16.1 Å². The van der Waals surface area contributed by atoms with Crippen LogP contribution in [0.5, 0.6) is 0 Å². The Kier molecular flexibility index (Phi) is 4.88. The second-order valence-corrected chi connectivity index (χ2v) is 7.05. The molecule has 0 atom stereocenters. The van der Waals surface area contributed by atoms with Crippen LogP contribution < -0.4 is 10.6 Å². The molecule has 0 amide bonds. The summed E-state index contributed by atoms with van der Waals surface area (Å²) in [6.07, 6.45) is 0.869. The maximum Gasteiger partial charge on any atom is 0.170 e. The van der Waals surface area contributed by atoms with Gasteiger partial charge in [-0.3, -0.25) is 0 Å². The Labute approximate surface area is 145 Å². The summed E-state index contributed by atoms with van der Waals surface area (Å²) in [5.74, 6) is 0. The van der Waals surface area contributed by atoms with Gasteiger partial charge in [-0.15, -0.1) is 11.3 Å². The lowest BCUT2D eigenvalue weighted by atomic mass is 10.1. The predicted octanol–water partition coefficient (Wildman–Crippen LogP) is 4.44. The Morgan fingerprint density at radius 2 is 2.00 bits per heavy atom. The zero-order chi connectivity index (χ0) is 16.2. The quantitative estimate of drug-likeness (QED) is 0.688. The van der Waals surface area contributed by atoms with Crippen molar-refractivity contribution < 1.29 is 0 Å². The number of hydrogen-bond acceptors (Lipinski definition) is 3. The lowest BCUT2D eigenvalue weighted by molar-refractivity contribution is 0.868. The highest BCUT2D eigenvalue weighted by molar-refractivity contribution is 7.80. The molecule has 3 nitrogen and oxygen atoms in total. The highest BCUT2D eigenvalue weighted by Crippen LogP contribution is 2.21. The first-order chi connectivity index (χ1) is 11.1. The standard InChI is InChI=1S/C18H19N3S2/c1-12-7-8-13(2)15(11-12)21-18(22)19-10-9-17-20-14-5-3-4-6-16(14)23-17/h3-8,11H,9-10H2,1-2H3,(H2,19,21,22). The molecule has 5 heteroatoms. The topological polar surface area (TPSA) is 37.0 Å². The zero-order valence-electron chi connectivity index (χ0n) is 13.2. The van der Waals surface area contributed by atoms with E-state index in [1.54, 1.807) is 11.3 Å². The first-order valence-electron chi connectivity index (χ1n) is 7.58. The van der Waals surface area contributed by atoms with E-state index in [0.717, 1.165) is 29.2 Å². The molecule has 0 saturated carbocycles. The number of aryl methyl sites for hydroxylation is 2. The van der Waals surface area contributed by atoms with Crippen LogP contribution in [0.3, 0.4) is 0 Å². The van der Waals surface area contributed by atoms with Crippen LogP contribution in [0.15, 0.2) is 42.5 Å². The molecule has 1 heterocycles. The van der Waals surface area contributed by atoms with Crippen molar-refractivity contribution in [3.05, 3.63) is 58.6 Å². The Morgan fingerprint density at radius 3 is 2.83 bits per heavy atom. The maximum absolute atomic E-state index is 5.38. The maximum atomic E-state index is 5.38. The number of fused-ring (bicyclic) bond motifs is 1. The molecule has 0 aliphatic carbocycles. The molecule has 0 aliphatic heterocycles. The fourth-order valence-corrected chi connectivity index (χ4v) is 3.53. The van der Waals surface area contributed by atoms with Crippen LogP contribution >= 0.6 is 23.6 Å². The number of nitrogens with zero attached hydrogens (tertiary/aromatic N) is 1. The van der Waals surface area contributed by atoms with E-state index in [0.29, 0.717) is 5.11 Å². The fourth-order valence-electron chi connectivity index (χ4n) is 2.35. The van der Waals surface area contributed by atoms with Crippen LogP contribution in [-0.4, -0.2) is 16.6 Å². The smallest absolute Gasteiger partial charge is 0.170 e. The highest BCUT2D eigenvalue weighted by atomic mass is 32.1. The van der Waals surface area contributed by atoms with Gasteiger partial charge in [0, 0.05) is 18.7 Å². The molecule has 0 fully saturated rings. The Morgan fingerprint density at radius 1 is 1.17 bits per heavy atom. The number of para-hydroxylation sites is 1. The number of benzene rings is 2. The minimum atomic E-state index is 0.653. The summed E-state index contributed by atoms with van der Waals surface area (Å²) in [5.41, 5.74) is 4.53. The van der Waals surface area contributed by atoms with Crippen molar-refractivity contribution in [1.29, 1.82) is 0 Å². The van der Waals surface area contributed by atoms with Gasteiger partial charge in [0.05, 0.1) is 15.2 Å². The molecule has 2 aromatic carbocycles. The number of aromatic nitrogens is 1. The van der Waals surface area contributed by atoms with Crippen molar-refractivity contribution in [3.8, 4) is 0 Å². The van der Waals surface area contributed by atoms with Gasteiger partial charge in [-0.2, -0.15) is 0 Å². The second kappa shape index (κ2) is 7.06. The Bertz CT molecular complexity index is 806. The molecule has 0 spiro atoms. The van der Waals surface area contributed by atoms with E-state index in [-0.39, 0.29) is 0 Å². The van der Waals surface area contributed by atoms with E-state index in [9.17, 15) is 0 Å². The molecule has 23 heavy (non-hydrogen) atoms. The molecule has 0 aliphatic rings. The molecule has 118 valence electrons. The van der Waals surface area contributed by atoms with Crippen LogP contribution in [0.4, 0.5) is 5.69 Å². The summed E-state index contributed by atoms with van der Waals surface area (Å²) >= 11 is 7.12. The SMILES string of the molecule is Cc1ccc(C)c(NC(=S)NCCc2nc3ccccc3s2)c1. The van der Waals surface area contributed by atoms with Crippen LogP contribution in [0.2, 0.25) is 0 Å². The summed E-state index contributed by atoms with van der Waals surface area (Å²) in [7, 11) is 0.